The lowest BCUT2D eigenvalue weighted by Crippen LogP contribution is -2.04. The van der Waals surface area contributed by atoms with Gasteiger partial charge in [-0.2, -0.15) is 0 Å². The lowest BCUT2D eigenvalue weighted by Gasteiger charge is -2.06. The van der Waals surface area contributed by atoms with E-state index in [-0.39, 0.29) is 0 Å². The summed E-state index contributed by atoms with van der Waals surface area (Å²) in [5.74, 6) is -0.403. The van der Waals surface area contributed by atoms with Crippen LogP contribution in [0.5, 0.6) is 0 Å². The van der Waals surface area contributed by atoms with Gasteiger partial charge in [-0.1, -0.05) is 34.8 Å². The summed E-state index contributed by atoms with van der Waals surface area (Å²) in [4.78, 5) is 11.4. The number of ether oxygens (including phenoxy) is 1. The lowest BCUT2D eigenvalue weighted by molar-refractivity contribution is -0.138. The zero-order valence-electron chi connectivity index (χ0n) is 9.39. The second kappa shape index (κ2) is 6.29. The highest BCUT2D eigenvalue weighted by Crippen LogP contribution is 2.33. The van der Waals surface area contributed by atoms with E-state index in [1.54, 1.807) is 32.1 Å². The van der Waals surface area contributed by atoms with E-state index in [9.17, 15) is 4.79 Å². The summed E-state index contributed by atoms with van der Waals surface area (Å²) in [6.45, 7) is 3.69. The molecule has 0 aliphatic rings. The zero-order chi connectivity index (χ0) is 13.0. The Morgan fingerprint density at radius 3 is 2.47 bits per heavy atom. The maximum atomic E-state index is 11.4. The van der Waals surface area contributed by atoms with Crippen molar-refractivity contribution in [2.45, 2.75) is 13.8 Å². The van der Waals surface area contributed by atoms with Crippen LogP contribution in [0.3, 0.4) is 0 Å². The molecule has 0 N–H and O–H groups in total. The number of carbonyl (C=O) groups is 1. The maximum absolute atomic E-state index is 11.4. The number of rotatable bonds is 3. The molecule has 0 bridgehead atoms. The van der Waals surface area contributed by atoms with Gasteiger partial charge in [0, 0.05) is 16.2 Å². The van der Waals surface area contributed by atoms with Gasteiger partial charge in [-0.15, -0.1) is 0 Å². The molecule has 0 aliphatic carbocycles. The minimum atomic E-state index is -0.403. The van der Waals surface area contributed by atoms with Gasteiger partial charge in [0.05, 0.1) is 16.7 Å². The fraction of sp³-hybridized carbons (Fsp3) is 0.250. The zero-order valence-corrected chi connectivity index (χ0v) is 11.7. The second-order valence-electron chi connectivity index (χ2n) is 3.30. The summed E-state index contributed by atoms with van der Waals surface area (Å²) in [6, 6.07) is 3.23. The van der Waals surface area contributed by atoms with Crippen LogP contribution in [0.1, 0.15) is 19.4 Å². The van der Waals surface area contributed by atoms with Crippen LogP contribution in [0.4, 0.5) is 0 Å². The molecule has 0 aromatic heterocycles. The first kappa shape index (κ1) is 14.4. The predicted molar refractivity (Wildman–Crippen MR) is 71.8 cm³/mol. The molecule has 1 aromatic rings. The highest BCUT2D eigenvalue weighted by Gasteiger charge is 2.11. The maximum Gasteiger partial charge on any atom is 0.333 e. The summed E-state index contributed by atoms with van der Waals surface area (Å²) in [7, 11) is 0. The molecule has 5 heteroatoms. The fourth-order valence-electron chi connectivity index (χ4n) is 1.20. The molecule has 0 radical (unpaired) electrons. The van der Waals surface area contributed by atoms with Crippen LogP contribution >= 0.6 is 34.8 Å². The van der Waals surface area contributed by atoms with Crippen molar-refractivity contribution in [3.63, 3.8) is 0 Å². The Morgan fingerprint density at radius 1 is 1.29 bits per heavy atom. The number of halogens is 3. The van der Waals surface area contributed by atoms with Crippen molar-refractivity contribution in [2.75, 3.05) is 6.61 Å². The van der Waals surface area contributed by atoms with Gasteiger partial charge in [0.15, 0.2) is 0 Å². The van der Waals surface area contributed by atoms with E-state index in [0.29, 0.717) is 32.8 Å². The molecule has 0 unspecified atom stereocenters. The molecule has 1 aromatic carbocycles. The smallest absolute Gasteiger partial charge is 0.333 e. The van der Waals surface area contributed by atoms with Crippen LogP contribution < -0.4 is 0 Å². The predicted octanol–water partition coefficient (Wildman–Crippen LogP) is 4.61. The Bertz CT molecular complexity index is 467. The SMILES string of the molecule is CCOC(=O)/C(C)=C/c1c(Cl)ccc(Cl)c1Cl. The average Bonchev–Trinajstić information content (AvgIpc) is 2.29. The van der Waals surface area contributed by atoms with Crippen LogP contribution in [0.25, 0.3) is 6.08 Å². The molecule has 0 fully saturated rings. The molecule has 0 saturated heterocycles. The topological polar surface area (TPSA) is 26.3 Å². The second-order valence-corrected chi connectivity index (χ2v) is 4.50. The molecule has 0 saturated carbocycles. The standard InChI is InChI=1S/C12H11Cl3O2/c1-3-17-12(16)7(2)6-8-9(13)4-5-10(14)11(8)15/h4-6H,3H2,1-2H3/b7-6+. The van der Waals surface area contributed by atoms with Crippen molar-refractivity contribution < 1.29 is 9.53 Å². The Balaban J connectivity index is 3.14. The third-order valence-corrected chi connectivity index (χ3v) is 3.19. The van der Waals surface area contributed by atoms with Gasteiger partial charge in [-0.3, -0.25) is 0 Å². The molecule has 1 rings (SSSR count). The van der Waals surface area contributed by atoms with E-state index in [1.165, 1.54) is 0 Å². The molecule has 92 valence electrons. The minimum absolute atomic E-state index is 0.320. The van der Waals surface area contributed by atoms with Gasteiger partial charge >= 0.3 is 5.97 Å². The highest BCUT2D eigenvalue weighted by molar-refractivity contribution is 6.44. The number of carbonyl (C=O) groups excluding carboxylic acids is 1. The van der Waals surface area contributed by atoms with Crippen molar-refractivity contribution in [1.82, 2.24) is 0 Å². The molecule has 0 aliphatic heterocycles. The number of hydrogen-bond acceptors (Lipinski definition) is 2. The van der Waals surface area contributed by atoms with Crippen LogP contribution in [0.2, 0.25) is 15.1 Å². The van der Waals surface area contributed by atoms with Crippen molar-refractivity contribution in [1.29, 1.82) is 0 Å². The van der Waals surface area contributed by atoms with Gasteiger partial charge < -0.3 is 4.74 Å². The summed E-state index contributed by atoms with van der Waals surface area (Å²) >= 11 is 17.9. The highest BCUT2D eigenvalue weighted by atomic mass is 35.5. The Hall–Kier alpha value is -0.700. The van der Waals surface area contributed by atoms with Gasteiger partial charge in [0.25, 0.3) is 0 Å². The van der Waals surface area contributed by atoms with Crippen molar-refractivity contribution >= 4 is 46.8 Å². The molecule has 0 spiro atoms. The number of hydrogen-bond donors (Lipinski definition) is 0. The summed E-state index contributed by atoms with van der Waals surface area (Å²) in [5.41, 5.74) is 0.935. The molecule has 0 atom stereocenters. The Kier molecular flexibility index (Phi) is 5.31. The first-order chi connectivity index (χ1) is 7.97. The van der Waals surface area contributed by atoms with Crippen molar-refractivity contribution in [2.24, 2.45) is 0 Å². The number of esters is 1. The van der Waals surface area contributed by atoms with Crippen molar-refractivity contribution in [3.8, 4) is 0 Å². The Labute approximate surface area is 115 Å². The summed E-state index contributed by atoms with van der Waals surface area (Å²) < 4.78 is 4.86. The van der Waals surface area contributed by atoms with Crippen LogP contribution in [0, 0.1) is 0 Å². The van der Waals surface area contributed by atoms with E-state index in [0.717, 1.165) is 0 Å². The molecule has 17 heavy (non-hydrogen) atoms. The normalized spacial score (nSPS) is 11.5. The third kappa shape index (κ3) is 3.63. The van der Waals surface area contributed by atoms with Crippen LogP contribution in [-0.4, -0.2) is 12.6 Å². The van der Waals surface area contributed by atoms with Gasteiger partial charge in [-0.05, 0) is 32.1 Å². The van der Waals surface area contributed by atoms with E-state index in [4.69, 9.17) is 39.5 Å². The largest absolute Gasteiger partial charge is 0.463 e. The average molecular weight is 294 g/mol. The van der Waals surface area contributed by atoms with E-state index < -0.39 is 5.97 Å². The van der Waals surface area contributed by atoms with E-state index in [1.807, 2.05) is 0 Å². The lowest BCUT2D eigenvalue weighted by atomic mass is 10.1. The first-order valence-electron chi connectivity index (χ1n) is 4.96. The molecular formula is C12H11Cl3O2. The molecule has 2 nitrogen and oxygen atoms in total. The van der Waals surface area contributed by atoms with E-state index in [2.05, 4.69) is 0 Å². The molecule has 0 heterocycles. The minimum Gasteiger partial charge on any atom is -0.463 e. The van der Waals surface area contributed by atoms with E-state index >= 15 is 0 Å². The fourth-order valence-corrected chi connectivity index (χ4v) is 1.84. The summed E-state index contributed by atoms with van der Waals surface area (Å²) in [6.07, 6.45) is 1.56. The number of benzene rings is 1. The quantitative estimate of drug-likeness (QED) is 0.462. The van der Waals surface area contributed by atoms with Gasteiger partial charge in [-0.25, -0.2) is 4.79 Å². The van der Waals surface area contributed by atoms with Gasteiger partial charge in [0.2, 0.25) is 0 Å². The van der Waals surface area contributed by atoms with Crippen molar-refractivity contribution in [3.05, 3.63) is 38.3 Å². The molecule has 0 amide bonds. The van der Waals surface area contributed by atoms with Crippen LogP contribution in [-0.2, 0) is 9.53 Å². The van der Waals surface area contributed by atoms with Gasteiger partial charge in [0.1, 0.15) is 0 Å². The van der Waals surface area contributed by atoms with Crippen LogP contribution in [0.15, 0.2) is 17.7 Å². The molecular weight excluding hydrogens is 282 g/mol. The third-order valence-electron chi connectivity index (χ3n) is 2.04. The Morgan fingerprint density at radius 2 is 1.88 bits per heavy atom. The first-order valence-corrected chi connectivity index (χ1v) is 6.09. The summed E-state index contributed by atoms with van der Waals surface area (Å²) in [5, 5.41) is 1.14. The monoisotopic (exact) mass is 292 g/mol.